The van der Waals surface area contributed by atoms with Crippen LogP contribution in [0.25, 0.3) is 22.0 Å². The molecule has 248 valence electrons. The number of carbonyl (C=O) groups is 2. The van der Waals surface area contributed by atoms with Gasteiger partial charge >= 0.3 is 12.3 Å². The van der Waals surface area contributed by atoms with Crippen molar-refractivity contribution in [3.63, 3.8) is 0 Å². The van der Waals surface area contributed by atoms with Gasteiger partial charge in [-0.05, 0) is 73.6 Å². The van der Waals surface area contributed by atoms with Crippen molar-refractivity contribution in [2.45, 2.75) is 69.7 Å². The Morgan fingerprint density at radius 3 is 2.57 bits per heavy atom. The van der Waals surface area contributed by atoms with E-state index in [9.17, 15) is 33.0 Å². The Balaban J connectivity index is 1.46. The fourth-order valence-corrected chi connectivity index (χ4v) is 6.90. The van der Waals surface area contributed by atoms with Crippen molar-refractivity contribution < 1.29 is 37.7 Å². The lowest BCUT2D eigenvalue weighted by molar-refractivity contribution is -0.274. The molecule has 0 saturated heterocycles. The number of aromatic nitrogens is 2. The molecular formula is C33H35F3N6O5. The van der Waals surface area contributed by atoms with Crippen molar-refractivity contribution in [3.8, 4) is 16.9 Å². The summed E-state index contributed by atoms with van der Waals surface area (Å²) in [7, 11) is 0. The summed E-state index contributed by atoms with van der Waals surface area (Å²) in [5.41, 5.74) is 8.30. The van der Waals surface area contributed by atoms with E-state index in [4.69, 9.17) is 5.73 Å². The molecule has 6 rings (SSSR count). The van der Waals surface area contributed by atoms with Crippen molar-refractivity contribution in [1.82, 2.24) is 10.2 Å². The number of amides is 1. The number of aromatic carboxylic acids is 1. The van der Waals surface area contributed by atoms with Gasteiger partial charge in [0.25, 0.3) is 0 Å². The highest BCUT2D eigenvalue weighted by Crippen LogP contribution is 2.48. The van der Waals surface area contributed by atoms with Crippen LogP contribution < -0.4 is 26.0 Å². The summed E-state index contributed by atoms with van der Waals surface area (Å²) in [4.78, 5) is 26.1. The number of aliphatic hydroxyl groups excluding tert-OH is 1. The molecule has 2 aliphatic rings. The molecule has 2 unspecified atom stereocenters. The standard InChI is InChI=1S/C33H35F3N6O5/c1-18(14-29(37)44)17-32(38-26-16-20(31(45)46)7-13-27(26)42(32)21-8-10-22(43)11-9-21)39-30-24-15-19(6-12-25(24)40-41-30)23-4-2-3-5-28(23)47-33(34,35)36/h2-7,12-13,15-16,18,21-22,38,43H,8-11,14,17H2,1H3,(H2,37,44)(H,45,46)(H2,39,40,41). The summed E-state index contributed by atoms with van der Waals surface area (Å²) in [6.07, 6.45) is -2.45. The molecule has 7 N–H and O–H groups in total. The molecule has 3 aromatic carbocycles. The quantitative estimate of drug-likeness (QED) is 0.120. The number of hydrogen-bond acceptors (Lipinski definition) is 8. The van der Waals surface area contributed by atoms with E-state index in [-0.39, 0.29) is 35.3 Å². The number of aliphatic hydroxyl groups is 1. The second kappa shape index (κ2) is 12.3. The molecule has 0 bridgehead atoms. The van der Waals surface area contributed by atoms with Crippen LogP contribution in [0.4, 0.5) is 30.4 Å². The summed E-state index contributed by atoms with van der Waals surface area (Å²) in [6.45, 7) is 1.89. The minimum atomic E-state index is -4.88. The first-order chi connectivity index (χ1) is 22.3. The molecular weight excluding hydrogens is 617 g/mol. The molecule has 11 nitrogen and oxygen atoms in total. The molecule has 1 aliphatic heterocycles. The number of benzene rings is 3. The number of anilines is 3. The Hall–Kier alpha value is -4.98. The second-order valence-corrected chi connectivity index (χ2v) is 12.3. The van der Waals surface area contributed by atoms with Crippen LogP contribution in [0, 0.1) is 5.92 Å². The number of fused-ring (bicyclic) bond motifs is 2. The van der Waals surface area contributed by atoms with Crippen LogP contribution in [-0.2, 0) is 4.79 Å². The Morgan fingerprint density at radius 2 is 1.87 bits per heavy atom. The number of carbonyl (C=O) groups excluding carboxylic acids is 1. The smallest absolute Gasteiger partial charge is 0.478 e. The first kappa shape index (κ1) is 32.0. The first-order valence-electron chi connectivity index (χ1n) is 15.3. The van der Waals surface area contributed by atoms with E-state index in [0.717, 1.165) is 5.69 Å². The second-order valence-electron chi connectivity index (χ2n) is 12.3. The van der Waals surface area contributed by atoms with Crippen molar-refractivity contribution in [3.05, 3.63) is 66.2 Å². The third-order valence-corrected chi connectivity index (χ3v) is 8.79. The highest BCUT2D eigenvalue weighted by molar-refractivity contribution is 5.96. The highest BCUT2D eigenvalue weighted by atomic mass is 19.4. The van der Waals surface area contributed by atoms with E-state index in [2.05, 4.69) is 30.5 Å². The lowest BCUT2D eigenvalue weighted by atomic mass is 9.89. The summed E-state index contributed by atoms with van der Waals surface area (Å²) in [6, 6.07) is 15.7. The highest BCUT2D eigenvalue weighted by Gasteiger charge is 2.49. The van der Waals surface area contributed by atoms with Crippen LogP contribution >= 0.6 is 0 Å². The zero-order chi connectivity index (χ0) is 33.5. The van der Waals surface area contributed by atoms with Gasteiger partial charge in [0, 0.05) is 29.8 Å². The van der Waals surface area contributed by atoms with Crippen LogP contribution in [-0.4, -0.2) is 56.6 Å². The summed E-state index contributed by atoms with van der Waals surface area (Å²) >= 11 is 0. The van der Waals surface area contributed by atoms with Gasteiger partial charge in [0.1, 0.15) is 5.75 Å². The van der Waals surface area contributed by atoms with Gasteiger partial charge in [0.15, 0.2) is 11.6 Å². The fourth-order valence-electron chi connectivity index (χ4n) is 6.90. The SMILES string of the molecule is CC(CC(N)=O)CC1(Nc2n[nH]c3ccc(-c4ccccc4OC(F)(F)F)cc23)Nc2cc(C(=O)O)ccc2N1C1CCC(O)CC1. The van der Waals surface area contributed by atoms with Crippen molar-refractivity contribution in [1.29, 1.82) is 0 Å². The molecule has 1 fully saturated rings. The molecule has 0 radical (unpaired) electrons. The van der Waals surface area contributed by atoms with Crippen molar-refractivity contribution in [2.75, 3.05) is 15.5 Å². The van der Waals surface area contributed by atoms with Gasteiger partial charge in [-0.15, -0.1) is 13.2 Å². The zero-order valence-corrected chi connectivity index (χ0v) is 25.5. The number of alkyl halides is 3. The molecule has 2 atom stereocenters. The molecule has 1 amide bonds. The van der Waals surface area contributed by atoms with Gasteiger partial charge in [-0.3, -0.25) is 9.89 Å². The van der Waals surface area contributed by atoms with Crippen LogP contribution in [0.2, 0.25) is 0 Å². The van der Waals surface area contributed by atoms with E-state index >= 15 is 0 Å². The van der Waals surface area contributed by atoms with E-state index in [1.54, 1.807) is 36.4 Å². The maximum absolute atomic E-state index is 13.2. The number of halogens is 3. The number of nitrogens with zero attached hydrogens (tertiary/aromatic N) is 2. The number of primary amides is 1. The van der Waals surface area contributed by atoms with Crippen LogP contribution in [0.5, 0.6) is 5.75 Å². The van der Waals surface area contributed by atoms with Crippen LogP contribution in [0.15, 0.2) is 60.7 Å². The van der Waals surface area contributed by atoms with Gasteiger partial charge in [-0.1, -0.05) is 31.2 Å². The number of rotatable bonds is 10. The topological polar surface area (TPSA) is 166 Å². The summed E-state index contributed by atoms with van der Waals surface area (Å²) < 4.78 is 44.0. The van der Waals surface area contributed by atoms with E-state index < -0.39 is 30.1 Å². The fraction of sp³-hybridized carbons (Fsp3) is 0.364. The van der Waals surface area contributed by atoms with Crippen molar-refractivity contribution in [2.24, 2.45) is 11.7 Å². The number of nitrogens with two attached hydrogens (primary N) is 1. The molecule has 47 heavy (non-hydrogen) atoms. The molecule has 1 aliphatic carbocycles. The van der Waals surface area contributed by atoms with E-state index in [1.807, 2.05) is 6.92 Å². The van der Waals surface area contributed by atoms with Gasteiger partial charge in [0.2, 0.25) is 5.91 Å². The third-order valence-electron chi connectivity index (χ3n) is 8.79. The first-order valence-corrected chi connectivity index (χ1v) is 15.3. The Morgan fingerprint density at radius 1 is 1.13 bits per heavy atom. The number of para-hydroxylation sites is 1. The predicted molar refractivity (Wildman–Crippen MR) is 170 cm³/mol. The normalized spacial score (nSPS) is 21.6. The summed E-state index contributed by atoms with van der Waals surface area (Å²) in [5, 5.41) is 35.3. The Kier molecular flexibility index (Phi) is 8.38. The lowest BCUT2D eigenvalue weighted by Crippen LogP contribution is -2.62. The van der Waals surface area contributed by atoms with Crippen molar-refractivity contribution >= 4 is 40.0 Å². The minimum Gasteiger partial charge on any atom is -0.478 e. The molecule has 1 aromatic heterocycles. The predicted octanol–water partition coefficient (Wildman–Crippen LogP) is 6.03. The lowest BCUT2D eigenvalue weighted by Gasteiger charge is -2.47. The Bertz CT molecular complexity index is 1810. The van der Waals surface area contributed by atoms with E-state index in [1.165, 1.54) is 24.3 Å². The number of nitrogens with one attached hydrogen (secondary N) is 3. The number of hydrogen-bond donors (Lipinski definition) is 6. The number of ether oxygens (including phenoxy) is 1. The number of carboxylic acids is 1. The Labute approximate surface area is 267 Å². The number of H-pyrrole nitrogens is 1. The summed E-state index contributed by atoms with van der Waals surface area (Å²) in [5.74, 6) is -2.92. The van der Waals surface area contributed by atoms with Gasteiger partial charge in [-0.25, -0.2) is 4.79 Å². The molecule has 4 aromatic rings. The van der Waals surface area contributed by atoms with E-state index in [0.29, 0.717) is 60.1 Å². The monoisotopic (exact) mass is 652 g/mol. The largest absolute Gasteiger partial charge is 0.573 e. The maximum atomic E-state index is 13.2. The zero-order valence-electron chi connectivity index (χ0n) is 25.5. The number of carboxylic acid groups (broad SMARTS) is 1. The van der Waals surface area contributed by atoms with Gasteiger partial charge < -0.3 is 36.2 Å². The molecule has 14 heteroatoms. The average Bonchev–Trinajstić information content (AvgIpc) is 3.53. The van der Waals surface area contributed by atoms with Crippen LogP contribution in [0.1, 0.15) is 55.8 Å². The van der Waals surface area contributed by atoms with Gasteiger partial charge in [0.05, 0.1) is 28.6 Å². The van der Waals surface area contributed by atoms with Crippen LogP contribution in [0.3, 0.4) is 0 Å². The number of aromatic amines is 1. The molecule has 0 spiro atoms. The molecule has 2 heterocycles. The third kappa shape index (κ3) is 6.64. The minimum absolute atomic E-state index is 0.0803. The molecule has 1 saturated carbocycles. The van der Waals surface area contributed by atoms with Gasteiger partial charge in [-0.2, -0.15) is 5.10 Å². The maximum Gasteiger partial charge on any atom is 0.573 e. The average molecular weight is 653 g/mol.